The molecule has 2 amide bonds. The van der Waals surface area contributed by atoms with Crippen molar-refractivity contribution in [2.24, 2.45) is 0 Å². The minimum atomic E-state index is -0.0347. The van der Waals surface area contributed by atoms with E-state index in [1.54, 1.807) is 6.20 Å². The molecule has 7 nitrogen and oxygen atoms in total. The number of aromatic nitrogens is 1. The van der Waals surface area contributed by atoms with Gasteiger partial charge >= 0.3 is 6.03 Å². The maximum atomic E-state index is 12.7. The van der Waals surface area contributed by atoms with E-state index in [1.165, 1.54) is 0 Å². The zero-order valence-electron chi connectivity index (χ0n) is 16.4. The molecular weight excluding hydrogens is 390 g/mol. The number of hydrogen-bond donors (Lipinski definition) is 1. The first kappa shape index (κ1) is 19.8. The van der Waals surface area contributed by atoms with Crippen LogP contribution in [0.25, 0.3) is 0 Å². The van der Waals surface area contributed by atoms with Crippen molar-refractivity contribution in [2.45, 2.75) is 6.54 Å². The van der Waals surface area contributed by atoms with Crippen LogP contribution in [0.5, 0.6) is 0 Å². The number of carbonyl (C=O) groups excluding carboxylic acids is 1. The number of piperazine rings is 1. The average Bonchev–Trinajstić information content (AvgIpc) is 2.78. The lowest BCUT2D eigenvalue weighted by molar-refractivity contribution is 0.122. The summed E-state index contributed by atoms with van der Waals surface area (Å²) in [5.41, 5.74) is 2.13. The summed E-state index contributed by atoms with van der Waals surface area (Å²) in [6, 6.07) is 11.7. The largest absolute Gasteiger partial charge is 0.378 e. The minimum Gasteiger partial charge on any atom is -0.378 e. The number of benzene rings is 1. The SMILES string of the molecule is O=C(NCc1cccnc1N1CCOCC1)N1CCN(c2cccc(Cl)c2)CC1. The highest BCUT2D eigenvalue weighted by atomic mass is 35.5. The minimum absolute atomic E-state index is 0.0347. The summed E-state index contributed by atoms with van der Waals surface area (Å²) in [5, 5.41) is 3.79. The Morgan fingerprint density at radius 2 is 1.83 bits per heavy atom. The summed E-state index contributed by atoms with van der Waals surface area (Å²) in [6.45, 7) is 6.47. The highest BCUT2D eigenvalue weighted by Crippen LogP contribution is 2.21. The lowest BCUT2D eigenvalue weighted by Gasteiger charge is -2.36. The fraction of sp³-hybridized carbons (Fsp3) is 0.429. The van der Waals surface area contributed by atoms with Crippen LogP contribution in [0.2, 0.25) is 5.02 Å². The second-order valence-corrected chi connectivity index (χ2v) is 7.63. The Balaban J connectivity index is 1.31. The molecule has 0 saturated carbocycles. The monoisotopic (exact) mass is 415 g/mol. The Hall–Kier alpha value is -2.51. The number of nitrogens with zero attached hydrogens (tertiary/aromatic N) is 4. The molecule has 0 atom stereocenters. The van der Waals surface area contributed by atoms with Gasteiger partial charge in [0.2, 0.25) is 0 Å². The molecule has 0 aliphatic carbocycles. The number of halogens is 1. The van der Waals surface area contributed by atoms with Gasteiger partial charge in [-0.2, -0.15) is 0 Å². The first-order valence-electron chi connectivity index (χ1n) is 10.0. The molecule has 1 aromatic carbocycles. The van der Waals surface area contributed by atoms with Gasteiger partial charge in [-0.25, -0.2) is 9.78 Å². The number of carbonyl (C=O) groups is 1. The molecule has 29 heavy (non-hydrogen) atoms. The first-order valence-corrected chi connectivity index (χ1v) is 10.4. The third-order valence-electron chi connectivity index (χ3n) is 5.35. The third-order valence-corrected chi connectivity index (χ3v) is 5.58. The molecule has 2 fully saturated rings. The Bertz CT molecular complexity index is 835. The number of ether oxygens (including phenoxy) is 1. The van der Waals surface area contributed by atoms with Crippen LogP contribution in [0.1, 0.15) is 5.56 Å². The topological polar surface area (TPSA) is 60.9 Å². The van der Waals surface area contributed by atoms with Crippen molar-refractivity contribution in [3.05, 3.63) is 53.2 Å². The molecule has 0 bridgehead atoms. The van der Waals surface area contributed by atoms with Crippen molar-refractivity contribution >= 4 is 29.1 Å². The van der Waals surface area contributed by atoms with Crippen LogP contribution >= 0.6 is 11.6 Å². The van der Waals surface area contributed by atoms with Crippen LogP contribution in [0.3, 0.4) is 0 Å². The van der Waals surface area contributed by atoms with Crippen LogP contribution in [-0.4, -0.2) is 68.4 Å². The lowest BCUT2D eigenvalue weighted by Crippen LogP contribution is -2.51. The van der Waals surface area contributed by atoms with E-state index in [-0.39, 0.29) is 6.03 Å². The van der Waals surface area contributed by atoms with Crippen LogP contribution in [0.4, 0.5) is 16.3 Å². The van der Waals surface area contributed by atoms with Crippen molar-refractivity contribution < 1.29 is 9.53 Å². The number of hydrogen-bond acceptors (Lipinski definition) is 5. The molecule has 3 heterocycles. The number of urea groups is 1. The molecule has 0 radical (unpaired) electrons. The fourth-order valence-electron chi connectivity index (χ4n) is 3.75. The summed E-state index contributed by atoms with van der Waals surface area (Å²) in [4.78, 5) is 23.6. The Morgan fingerprint density at radius 3 is 2.59 bits per heavy atom. The Kier molecular flexibility index (Phi) is 6.36. The molecule has 4 rings (SSSR count). The maximum absolute atomic E-state index is 12.7. The number of nitrogens with one attached hydrogen (secondary N) is 1. The average molecular weight is 416 g/mol. The van der Waals surface area contributed by atoms with E-state index in [0.717, 1.165) is 48.3 Å². The Morgan fingerprint density at radius 1 is 1.03 bits per heavy atom. The van der Waals surface area contributed by atoms with Gasteiger partial charge < -0.3 is 24.8 Å². The van der Waals surface area contributed by atoms with Crippen molar-refractivity contribution in [3.8, 4) is 0 Å². The molecule has 1 N–H and O–H groups in total. The van der Waals surface area contributed by atoms with Crippen LogP contribution < -0.4 is 15.1 Å². The van der Waals surface area contributed by atoms with Gasteiger partial charge in [-0.3, -0.25) is 0 Å². The molecule has 2 aliphatic heterocycles. The summed E-state index contributed by atoms with van der Waals surface area (Å²) in [7, 11) is 0. The first-order chi connectivity index (χ1) is 14.2. The van der Waals surface area contributed by atoms with Crippen LogP contribution in [0.15, 0.2) is 42.6 Å². The maximum Gasteiger partial charge on any atom is 0.317 e. The number of morpholine rings is 1. The van der Waals surface area contributed by atoms with E-state index in [4.69, 9.17) is 16.3 Å². The zero-order chi connectivity index (χ0) is 20.1. The van der Waals surface area contributed by atoms with Gasteiger partial charge in [-0.05, 0) is 24.3 Å². The number of pyridine rings is 1. The van der Waals surface area contributed by atoms with Crippen LogP contribution in [-0.2, 0) is 11.3 Å². The number of amides is 2. The molecule has 1 aromatic heterocycles. The van der Waals surface area contributed by atoms with Gasteiger partial charge in [0.05, 0.1) is 13.2 Å². The van der Waals surface area contributed by atoms with Crippen LogP contribution in [0, 0.1) is 0 Å². The molecular formula is C21H26ClN5O2. The smallest absolute Gasteiger partial charge is 0.317 e. The van der Waals surface area contributed by atoms with Gasteiger partial charge in [-0.1, -0.05) is 23.7 Å². The van der Waals surface area contributed by atoms with E-state index in [1.807, 2.05) is 35.2 Å². The van der Waals surface area contributed by atoms with E-state index in [2.05, 4.69) is 26.2 Å². The quantitative estimate of drug-likeness (QED) is 0.831. The van der Waals surface area contributed by atoms with Gasteiger partial charge in [0.25, 0.3) is 0 Å². The molecule has 154 valence electrons. The second kappa shape index (κ2) is 9.33. The molecule has 2 aromatic rings. The predicted octanol–water partition coefficient (Wildman–Crippen LogP) is 2.60. The fourth-order valence-corrected chi connectivity index (χ4v) is 3.94. The van der Waals surface area contributed by atoms with E-state index in [0.29, 0.717) is 32.8 Å². The van der Waals surface area contributed by atoms with Gasteiger partial charge in [0, 0.05) is 68.3 Å². The van der Waals surface area contributed by atoms with Gasteiger partial charge in [0.15, 0.2) is 0 Å². The lowest BCUT2D eigenvalue weighted by atomic mass is 10.2. The van der Waals surface area contributed by atoms with E-state index < -0.39 is 0 Å². The molecule has 0 unspecified atom stereocenters. The number of rotatable bonds is 4. The molecule has 2 saturated heterocycles. The highest BCUT2D eigenvalue weighted by Gasteiger charge is 2.22. The molecule has 2 aliphatic rings. The van der Waals surface area contributed by atoms with Gasteiger partial charge in [0.1, 0.15) is 5.82 Å². The van der Waals surface area contributed by atoms with E-state index >= 15 is 0 Å². The van der Waals surface area contributed by atoms with Crippen molar-refractivity contribution in [2.75, 3.05) is 62.3 Å². The van der Waals surface area contributed by atoms with Crippen molar-refractivity contribution in [3.63, 3.8) is 0 Å². The highest BCUT2D eigenvalue weighted by molar-refractivity contribution is 6.30. The molecule has 0 spiro atoms. The normalized spacial score (nSPS) is 17.3. The van der Waals surface area contributed by atoms with Gasteiger partial charge in [-0.15, -0.1) is 0 Å². The number of anilines is 2. The van der Waals surface area contributed by atoms with E-state index in [9.17, 15) is 4.79 Å². The van der Waals surface area contributed by atoms with Crippen molar-refractivity contribution in [1.29, 1.82) is 0 Å². The second-order valence-electron chi connectivity index (χ2n) is 7.20. The summed E-state index contributed by atoms with van der Waals surface area (Å²) < 4.78 is 5.43. The third kappa shape index (κ3) is 4.92. The zero-order valence-corrected chi connectivity index (χ0v) is 17.1. The summed E-state index contributed by atoms with van der Waals surface area (Å²) >= 11 is 6.09. The summed E-state index contributed by atoms with van der Waals surface area (Å²) in [5.74, 6) is 0.932. The van der Waals surface area contributed by atoms with Crippen molar-refractivity contribution in [1.82, 2.24) is 15.2 Å². The standard InChI is InChI=1S/C21H26ClN5O2/c22-18-4-1-5-19(15-18)25-7-9-27(10-8-25)21(28)24-16-17-3-2-6-23-20(17)26-11-13-29-14-12-26/h1-6,15H,7-14,16H2,(H,24,28). The predicted molar refractivity (Wildman–Crippen MR) is 115 cm³/mol. The molecule has 8 heteroatoms. The Labute approximate surface area is 176 Å². The summed E-state index contributed by atoms with van der Waals surface area (Å²) in [6.07, 6.45) is 1.80.